The van der Waals surface area contributed by atoms with Gasteiger partial charge in [0.1, 0.15) is 16.0 Å². The molecule has 0 saturated carbocycles. The Morgan fingerprint density at radius 3 is 2.20 bits per heavy atom. The van der Waals surface area contributed by atoms with E-state index in [0.717, 1.165) is 38.6 Å². The second kappa shape index (κ2) is 15.4. The highest BCUT2D eigenvalue weighted by Crippen LogP contribution is 2.42. The minimum atomic E-state index is -0.739. The fourth-order valence-electron chi connectivity index (χ4n) is 5.44. The number of ether oxygens (including phenoxy) is 2. The van der Waals surface area contributed by atoms with Crippen molar-refractivity contribution in [2.45, 2.75) is 37.1 Å². The van der Waals surface area contributed by atoms with Crippen molar-refractivity contribution < 1.29 is 19.1 Å². The minimum absolute atomic E-state index is 0.215. The molecule has 2 aromatic heterocycles. The Morgan fingerprint density at radius 2 is 1.53 bits per heavy atom. The van der Waals surface area contributed by atoms with Crippen molar-refractivity contribution in [3.8, 4) is 33.3 Å². The predicted molar refractivity (Wildman–Crippen MR) is 197 cm³/mol. The third-order valence-electron chi connectivity index (χ3n) is 7.87. The Bertz CT molecular complexity index is 2040. The summed E-state index contributed by atoms with van der Waals surface area (Å²) in [6, 6.07) is 36.9. The van der Waals surface area contributed by atoms with Crippen LogP contribution in [0.2, 0.25) is 0 Å². The third kappa shape index (κ3) is 7.45. The molecule has 1 atom stereocenters. The monoisotopic (exact) mass is 688 g/mol. The molecular weight excluding hydrogens is 653 g/mol. The van der Waals surface area contributed by atoms with Gasteiger partial charge in [0, 0.05) is 10.4 Å². The van der Waals surface area contributed by atoms with Crippen LogP contribution in [0.3, 0.4) is 0 Å². The van der Waals surface area contributed by atoms with Crippen LogP contribution in [-0.2, 0) is 9.53 Å². The maximum atomic E-state index is 14.4. The normalized spacial score (nSPS) is 11.7. The van der Waals surface area contributed by atoms with E-state index in [-0.39, 0.29) is 18.4 Å². The summed E-state index contributed by atoms with van der Waals surface area (Å²) in [6.45, 7) is 6.27. The van der Waals surface area contributed by atoms with Gasteiger partial charge >= 0.3 is 5.97 Å². The molecule has 248 valence electrons. The van der Waals surface area contributed by atoms with Crippen molar-refractivity contribution in [2.24, 2.45) is 0 Å². The molecule has 0 bridgehead atoms. The number of benzene rings is 4. The van der Waals surface area contributed by atoms with E-state index in [4.69, 9.17) is 9.47 Å². The predicted octanol–water partition coefficient (Wildman–Crippen LogP) is 9.44. The number of thioether (sulfide) groups is 1. The van der Waals surface area contributed by atoms with Gasteiger partial charge in [0.25, 0.3) is 0 Å². The topological polar surface area (TPSA) is 95.3 Å². The quantitative estimate of drug-likeness (QED) is 0.101. The van der Waals surface area contributed by atoms with Crippen molar-refractivity contribution >= 4 is 40.0 Å². The van der Waals surface area contributed by atoms with Crippen LogP contribution in [0.5, 0.6) is 5.75 Å². The van der Waals surface area contributed by atoms with Crippen LogP contribution in [0.4, 0.5) is 5.00 Å². The molecule has 0 saturated heterocycles. The molecule has 8 nitrogen and oxygen atoms in total. The first-order valence-corrected chi connectivity index (χ1v) is 17.7. The highest BCUT2D eigenvalue weighted by Gasteiger charge is 2.29. The van der Waals surface area contributed by atoms with Gasteiger partial charge < -0.3 is 14.8 Å². The standard InChI is InChI=1S/C39H36N4O4S2/c1-5-47-38(45)31-24-33(26-14-8-6-9-15-26)48-37(31)40-36(44)34(27-16-10-7-11-17-27)49-39-42-41-35(28-20-22-29(46-4)23-21-28)43(39)32-19-13-12-18-30(32)25(2)3/h6-25,34H,5H2,1-4H3,(H,40,44)/t34-/m1/s1. The van der Waals surface area contributed by atoms with Gasteiger partial charge in [-0.2, -0.15) is 0 Å². The fraction of sp³-hybridized carbons (Fsp3) is 0.179. The van der Waals surface area contributed by atoms with Gasteiger partial charge in [0.15, 0.2) is 11.0 Å². The summed E-state index contributed by atoms with van der Waals surface area (Å²) in [4.78, 5) is 28.3. The molecule has 2 heterocycles. The first kappa shape index (κ1) is 33.7. The van der Waals surface area contributed by atoms with Crippen LogP contribution >= 0.6 is 23.1 Å². The Hall–Kier alpha value is -5.19. The average Bonchev–Trinajstić information content (AvgIpc) is 3.76. The summed E-state index contributed by atoms with van der Waals surface area (Å²) in [5.41, 5.74) is 4.93. The number of thiophene rings is 1. The number of hydrogen-bond donors (Lipinski definition) is 1. The van der Waals surface area contributed by atoms with Crippen LogP contribution in [0.1, 0.15) is 53.4 Å². The van der Waals surface area contributed by atoms with Crippen molar-refractivity contribution in [2.75, 3.05) is 19.0 Å². The Labute approximate surface area is 294 Å². The van der Waals surface area contributed by atoms with Crippen molar-refractivity contribution in [3.05, 3.63) is 132 Å². The van der Waals surface area contributed by atoms with Gasteiger partial charge in [0.05, 0.1) is 25.0 Å². The van der Waals surface area contributed by atoms with Gasteiger partial charge in [-0.05, 0) is 65.9 Å². The van der Waals surface area contributed by atoms with Crippen LogP contribution in [0.15, 0.2) is 120 Å². The molecule has 0 aliphatic rings. The number of esters is 1. The first-order chi connectivity index (χ1) is 23.9. The second-order valence-electron chi connectivity index (χ2n) is 11.4. The average molecular weight is 689 g/mol. The summed E-state index contributed by atoms with van der Waals surface area (Å²) in [5, 5.41) is 12.7. The molecule has 0 aliphatic heterocycles. The first-order valence-electron chi connectivity index (χ1n) is 16.0. The molecule has 6 aromatic rings. The molecule has 0 unspecified atom stereocenters. The van der Waals surface area contributed by atoms with E-state index in [2.05, 4.69) is 41.5 Å². The second-order valence-corrected chi connectivity index (χ2v) is 13.5. The molecular formula is C39H36N4O4S2. The number of carbonyl (C=O) groups excluding carboxylic acids is 2. The number of nitrogens with one attached hydrogen (secondary N) is 1. The summed E-state index contributed by atoms with van der Waals surface area (Å²) < 4.78 is 12.8. The van der Waals surface area contributed by atoms with E-state index in [1.807, 2.05) is 102 Å². The fourth-order valence-corrected chi connectivity index (χ4v) is 7.55. The number of hydrogen-bond acceptors (Lipinski definition) is 8. The summed E-state index contributed by atoms with van der Waals surface area (Å²) in [7, 11) is 1.63. The lowest BCUT2D eigenvalue weighted by Crippen LogP contribution is -2.20. The molecule has 0 radical (unpaired) electrons. The number of nitrogens with zero attached hydrogens (tertiary/aromatic N) is 3. The SMILES string of the molecule is CCOC(=O)c1cc(-c2ccccc2)sc1NC(=O)[C@H](Sc1nnc(-c2ccc(OC)cc2)n1-c1ccccc1C(C)C)c1ccccc1. The van der Waals surface area contributed by atoms with Gasteiger partial charge in [-0.3, -0.25) is 9.36 Å². The Kier molecular flexibility index (Phi) is 10.6. The zero-order valence-electron chi connectivity index (χ0n) is 27.6. The van der Waals surface area contributed by atoms with Crippen molar-refractivity contribution in [1.29, 1.82) is 0 Å². The van der Waals surface area contributed by atoms with E-state index < -0.39 is 11.2 Å². The number of methoxy groups -OCH3 is 1. The number of para-hydroxylation sites is 1. The molecule has 6 rings (SSSR count). The highest BCUT2D eigenvalue weighted by molar-refractivity contribution is 8.00. The minimum Gasteiger partial charge on any atom is -0.497 e. The van der Waals surface area contributed by atoms with E-state index in [1.165, 1.54) is 23.1 Å². The molecule has 49 heavy (non-hydrogen) atoms. The van der Waals surface area contributed by atoms with E-state index in [9.17, 15) is 9.59 Å². The number of anilines is 1. The molecule has 0 fully saturated rings. The molecule has 1 amide bonds. The van der Waals surface area contributed by atoms with Gasteiger partial charge in [-0.1, -0.05) is 104 Å². The third-order valence-corrected chi connectivity index (χ3v) is 10.2. The summed E-state index contributed by atoms with van der Waals surface area (Å²) >= 11 is 2.64. The summed E-state index contributed by atoms with van der Waals surface area (Å²) in [5.74, 6) is 0.794. The highest BCUT2D eigenvalue weighted by atomic mass is 32.2. The van der Waals surface area contributed by atoms with E-state index in [1.54, 1.807) is 20.1 Å². The maximum Gasteiger partial charge on any atom is 0.341 e. The molecule has 10 heteroatoms. The smallest absolute Gasteiger partial charge is 0.341 e. The van der Waals surface area contributed by atoms with Crippen molar-refractivity contribution in [3.63, 3.8) is 0 Å². The van der Waals surface area contributed by atoms with Gasteiger partial charge in [0.2, 0.25) is 5.91 Å². The molecule has 0 aliphatic carbocycles. The Morgan fingerprint density at radius 1 is 0.857 bits per heavy atom. The van der Waals surface area contributed by atoms with Crippen LogP contribution in [0.25, 0.3) is 27.5 Å². The van der Waals surface area contributed by atoms with Crippen LogP contribution in [0, 0.1) is 0 Å². The summed E-state index contributed by atoms with van der Waals surface area (Å²) in [6.07, 6.45) is 0. The molecule has 1 N–H and O–H groups in total. The molecule has 0 spiro atoms. The van der Waals surface area contributed by atoms with Gasteiger partial charge in [-0.15, -0.1) is 21.5 Å². The lowest BCUT2D eigenvalue weighted by Gasteiger charge is -2.20. The molecule has 4 aromatic carbocycles. The van der Waals surface area contributed by atoms with Gasteiger partial charge in [-0.25, -0.2) is 4.79 Å². The largest absolute Gasteiger partial charge is 0.497 e. The zero-order chi connectivity index (χ0) is 34.3. The van der Waals surface area contributed by atoms with Crippen LogP contribution < -0.4 is 10.1 Å². The Balaban J connectivity index is 1.43. The lowest BCUT2D eigenvalue weighted by atomic mass is 10.0. The van der Waals surface area contributed by atoms with Crippen LogP contribution in [-0.4, -0.2) is 40.4 Å². The van der Waals surface area contributed by atoms with E-state index in [0.29, 0.717) is 21.5 Å². The maximum absolute atomic E-state index is 14.4. The number of aromatic nitrogens is 3. The lowest BCUT2D eigenvalue weighted by molar-refractivity contribution is -0.115. The number of amides is 1. The number of rotatable bonds is 12. The van der Waals surface area contributed by atoms with E-state index >= 15 is 0 Å². The van der Waals surface area contributed by atoms with Crippen molar-refractivity contribution in [1.82, 2.24) is 14.8 Å². The zero-order valence-corrected chi connectivity index (χ0v) is 29.3. The number of carbonyl (C=O) groups is 2.